The molecule has 0 saturated carbocycles. The smallest absolute Gasteiger partial charge is 0.309 e. The van der Waals surface area contributed by atoms with E-state index in [1.807, 2.05) is 57.7 Å². The van der Waals surface area contributed by atoms with Crippen LogP contribution in [0.2, 0.25) is 0 Å². The van der Waals surface area contributed by atoms with E-state index in [9.17, 15) is 50.0 Å². The Morgan fingerprint density at radius 1 is 0.327 bits per heavy atom. The van der Waals surface area contributed by atoms with Crippen LogP contribution in [-0.4, -0.2) is 9.13 Å². The Morgan fingerprint density at radius 3 is 1.18 bits per heavy atom. The second-order valence-electron chi connectivity index (χ2n) is 22.8. The summed E-state index contributed by atoms with van der Waals surface area (Å²) >= 11 is 0. The highest BCUT2D eigenvalue weighted by atomic mass is 19.4. The Morgan fingerprint density at radius 2 is 0.724 bits per heavy atom. The van der Waals surface area contributed by atoms with E-state index in [0.29, 0.717) is 122 Å². The molecule has 17 heteroatoms. The van der Waals surface area contributed by atoms with Crippen LogP contribution in [-0.2, 0) is 6.18 Å². The number of hydrogen-bond donors (Lipinski definition) is 0. The number of benzene rings is 11. The first-order valence-corrected chi connectivity index (χ1v) is 29.5. The van der Waals surface area contributed by atoms with Gasteiger partial charge in [-0.25, -0.2) is 24.2 Å². The highest BCUT2D eigenvalue weighted by molar-refractivity contribution is 6.15. The molecule has 0 aliphatic rings. The number of aromatic nitrogens is 2. The minimum atomic E-state index is -4.66. The predicted molar refractivity (Wildman–Crippen MR) is 367 cm³/mol. The van der Waals surface area contributed by atoms with Crippen LogP contribution >= 0.6 is 0 Å². The number of nitrogens with zero attached hydrogens (tertiary/aromatic N) is 14. The third-order valence-corrected chi connectivity index (χ3v) is 17.5. The third kappa shape index (κ3) is 10.1. The van der Waals surface area contributed by atoms with Crippen LogP contribution in [0.15, 0.2) is 176 Å². The molecule has 0 spiro atoms. The monoisotopic (exact) mass is 1260 g/mol. The molecule has 0 aliphatic heterocycles. The lowest BCUT2D eigenvalue weighted by atomic mass is 9.92. The van der Waals surface area contributed by atoms with Crippen LogP contribution in [0.25, 0.3) is 146 Å². The van der Waals surface area contributed by atoms with Gasteiger partial charge in [-0.15, -0.1) is 0 Å². The van der Waals surface area contributed by atoms with Gasteiger partial charge >= 0.3 is 6.18 Å². The molecule has 0 saturated heterocycles. The van der Waals surface area contributed by atoms with E-state index in [2.05, 4.69) is 60.6 Å². The summed E-state index contributed by atoms with van der Waals surface area (Å²) in [5.74, 6) is 0. The summed E-state index contributed by atoms with van der Waals surface area (Å²) in [7, 11) is 0. The van der Waals surface area contributed by atoms with Crippen molar-refractivity contribution >= 4 is 72.0 Å². The average Bonchev–Trinajstić information content (AvgIpc) is 1.55. The lowest BCUT2D eigenvalue weighted by Crippen LogP contribution is -2.05. The van der Waals surface area contributed by atoms with Crippen molar-refractivity contribution in [3.05, 3.63) is 289 Å². The summed E-state index contributed by atoms with van der Waals surface area (Å²) in [5, 5.41) is 75.3. The summed E-state index contributed by atoms with van der Waals surface area (Å²) in [5.41, 5.74) is 9.94. The average molecular weight is 1260 g/mol. The highest BCUT2D eigenvalue weighted by Crippen LogP contribution is 2.49. The van der Waals surface area contributed by atoms with Gasteiger partial charge in [-0.2, -0.15) is 50.0 Å². The van der Waals surface area contributed by atoms with Crippen molar-refractivity contribution in [2.75, 3.05) is 0 Å². The van der Waals surface area contributed by atoms with Crippen molar-refractivity contribution in [2.24, 2.45) is 0 Å². The van der Waals surface area contributed by atoms with Gasteiger partial charge < -0.3 is 9.13 Å². The fourth-order valence-corrected chi connectivity index (χ4v) is 13.3. The number of nitriles is 7. The second-order valence-corrected chi connectivity index (χ2v) is 22.8. The van der Waals surface area contributed by atoms with Crippen molar-refractivity contribution in [1.29, 1.82) is 36.8 Å². The first-order chi connectivity index (χ1) is 47.5. The molecule has 13 rings (SSSR count). The molecule has 0 fully saturated rings. The molecule has 0 bridgehead atoms. The van der Waals surface area contributed by atoms with Crippen molar-refractivity contribution in [3.63, 3.8) is 0 Å². The fourth-order valence-electron chi connectivity index (χ4n) is 13.3. The molecular formula is C81H35F3N14. The second kappa shape index (κ2) is 24.1. The van der Waals surface area contributed by atoms with Gasteiger partial charge in [-0.05, 0) is 185 Å². The Bertz CT molecular complexity index is 6110. The maximum absolute atomic E-state index is 14.4. The zero-order valence-corrected chi connectivity index (χ0v) is 51.1. The Balaban J connectivity index is 1.16. The van der Waals surface area contributed by atoms with Gasteiger partial charge in [0.15, 0.2) is 28.4 Å². The van der Waals surface area contributed by atoms with Gasteiger partial charge in [0.25, 0.3) is 0 Å². The van der Waals surface area contributed by atoms with E-state index in [-0.39, 0.29) is 78.5 Å². The first-order valence-electron chi connectivity index (χ1n) is 29.5. The molecular weight excluding hydrogens is 1230 g/mol. The van der Waals surface area contributed by atoms with E-state index in [4.69, 9.17) is 32.9 Å². The third-order valence-electron chi connectivity index (χ3n) is 17.5. The molecule has 98 heavy (non-hydrogen) atoms. The molecule has 13 aromatic rings. The topological polar surface area (TPSA) is 198 Å². The van der Waals surface area contributed by atoms with E-state index in [1.165, 1.54) is 48.5 Å². The lowest BCUT2D eigenvalue weighted by Gasteiger charge is -2.21. The van der Waals surface area contributed by atoms with E-state index in [1.54, 1.807) is 86.6 Å². The van der Waals surface area contributed by atoms with Gasteiger partial charge in [-0.3, -0.25) is 0 Å². The number of hydrogen-bond acceptors (Lipinski definition) is 7. The molecule has 0 unspecified atom stereocenters. The van der Waals surface area contributed by atoms with Crippen LogP contribution in [0.1, 0.15) is 55.6 Å². The fraction of sp³-hybridized carbons (Fsp3) is 0.0370. The minimum Gasteiger partial charge on any atom is -0.309 e. The summed E-state index contributed by atoms with van der Waals surface area (Å²) in [6.45, 7) is 43.6. The SMILES string of the molecule is [C-]#[N+]c1cc(C#N)c(-c2ccc3c(c2)c2cc(-c4c(C#N)cc([N+]#[C-])cc4[N+]#[C-])ccc2n3-c2cc(-c3ccc(C(F)(F)F)cc3C)ccc2-c2ccc(C#N)cc2-n2c3ccc(-c4c(C)cc(C#N)cc4C#N)cc3c3cc(-c4c([N+]#[C-])cc(C#N)cc4[N+]#[C-])ccc32)c(C#N)c1. The first kappa shape index (κ1) is 61.5. The molecule has 0 aliphatic carbocycles. The van der Waals surface area contributed by atoms with Gasteiger partial charge in [-0.1, -0.05) is 54.6 Å². The number of aryl methyl sites for hydroxylation is 2. The maximum atomic E-state index is 14.4. The van der Waals surface area contributed by atoms with Gasteiger partial charge in [0.2, 0.25) is 0 Å². The molecule has 2 heterocycles. The quantitative estimate of drug-likeness (QED) is 0.135. The van der Waals surface area contributed by atoms with E-state index in [0.717, 1.165) is 12.1 Å². The zero-order valence-electron chi connectivity index (χ0n) is 51.1. The molecule has 0 atom stereocenters. The minimum absolute atomic E-state index is 0.0376. The molecule has 0 amide bonds. The zero-order chi connectivity index (χ0) is 69.0. The van der Waals surface area contributed by atoms with Crippen molar-refractivity contribution in [3.8, 4) is 121 Å². The van der Waals surface area contributed by atoms with Crippen molar-refractivity contribution in [2.45, 2.75) is 20.0 Å². The Hall–Kier alpha value is -15.3. The summed E-state index contributed by atoms with van der Waals surface area (Å²) in [6, 6.07) is 62.8. The molecule has 2 aromatic heterocycles. The standard InChI is InChI=1S/C81H35F3N14/c1-44-23-58(81(82,83)84)14-17-61(44)49-9-16-63(76(35-49)98-73-19-11-51(78-55(41-89)28-59(92-3)29-56(78)42-90)32-65(73)66-33-52(12-20-74(66)98)79-57(43-91)30-60(93-4)36-70(79)96-7)62-15-8-46(37-85)27-75(62)97-71-18-10-50(77-45(2)22-47(38-86)24-54(77)40-88)31-64(71)67-34-53(13-21-72(67)97)80-68(94-5)25-48(39-87)26-69(80)95-6/h8-36H,1-2H3. The van der Waals surface area contributed by atoms with Crippen molar-refractivity contribution in [1.82, 2.24) is 9.13 Å². The number of alkyl halides is 3. The highest BCUT2D eigenvalue weighted by Gasteiger charge is 2.32. The molecule has 0 radical (unpaired) electrons. The van der Waals surface area contributed by atoms with Gasteiger partial charge in [0, 0.05) is 60.5 Å². The van der Waals surface area contributed by atoms with Crippen LogP contribution in [0, 0.1) is 126 Å². The number of halogens is 3. The Labute approximate surface area is 557 Å². The van der Waals surface area contributed by atoms with Crippen LogP contribution in [0.4, 0.5) is 41.6 Å². The summed E-state index contributed by atoms with van der Waals surface area (Å²) in [4.78, 5) is 18.3. The molecule has 450 valence electrons. The van der Waals surface area contributed by atoms with E-state index >= 15 is 0 Å². The number of rotatable bonds is 8. The molecule has 14 nitrogen and oxygen atoms in total. The van der Waals surface area contributed by atoms with E-state index < -0.39 is 11.7 Å². The van der Waals surface area contributed by atoms with Crippen LogP contribution in [0.3, 0.4) is 0 Å². The van der Waals surface area contributed by atoms with Crippen LogP contribution in [0.5, 0.6) is 0 Å². The normalized spacial score (nSPS) is 10.8. The summed E-state index contributed by atoms with van der Waals surface area (Å²) in [6.07, 6.45) is -4.66. The van der Waals surface area contributed by atoms with Gasteiger partial charge in [0.1, 0.15) is 0 Å². The number of fused-ring (bicyclic) bond motifs is 6. The maximum Gasteiger partial charge on any atom is 0.416 e. The molecule has 0 N–H and O–H groups in total. The largest absolute Gasteiger partial charge is 0.416 e. The van der Waals surface area contributed by atoms with Gasteiger partial charge in [0.05, 0.1) is 142 Å². The van der Waals surface area contributed by atoms with Crippen molar-refractivity contribution < 1.29 is 13.2 Å². The summed E-state index contributed by atoms with van der Waals surface area (Å²) < 4.78 is 47.1. The Kier molecular flexibility index (Phi) is 15.1. The lowest BCUT2D eigenvalue weighted by molar-refractivity contribution is -0.137. The van der Waals surface area contributed by atoms with Crippen LogP contribution < -0.4 is 0 Å². The molecule has 11 aromatic carbocycles. The predicted octanol–water partition coefficient (Wildman–Crippen LogP) is 21.4.